The van der Waals surface area contributed by atoms with Crippen LogP contribution in [-0.2, 0) is 6.54 Å². The minimum Gasteiger partial charge on any atom is -0.384 e. The average Bonchev–Trinajstić information content (AvgIpc) is 3.16. The van der Waals surface area contributed by atoms with Gasteiger partial charge in [0.25, 0.3) is 0 Å². The molecule has 29 heavy (non-hydrogen) atoms. The molecule has 4 rings (SSSR count). The number of benzene rings is 3. The number of nitrogen functional groups attached to an aromatic ring is 1. The third-order valence-electron chi connectivity index (χ3n) is 4.83. The fourth-order valence-electron chi connectivity index (χ4n) is 3.20. The van der Waals surface area contributed by atoms with Gasteiger partial charge < -0.3 is 10.3 Å². The van der Waals surface area contributed by atoms with E-state index in [2.05, 4.69) is 4.98 Å². The molecule has 4 aromatic rings. The minimum absolute atomic E-state index is 0.0252. The van der Waals surface area contributed by atoms with Crippen molar-refractivity contribution in [3.63, 3.8) is 0 Å². The molecule has 0 unspecified atom stereocenters. The van der Waals surface area contributed by atoms with E-state index in [1.165, 1.54) is 0 Å². The Morgan fingerprint density at radius 1 is 0.966 bits per heavy atom. The maximum atomic E-state index is 12.8. The van der Waals surface area contributed by atoms with E-state index in [0.717, 1.165) is 28.4 Å². The van der Waals surface area contributed by atoms with Gasteiger partial charge in [0.2, 0.25) is 0 Å². The van der Waals surface area contributed by atoms with Crippen LogP contribution >= 0.6 is 0 Å². The highest BCUT2D eigenvalue weighted by Crippen LogP contribution is 2.21. The zero-order chi connectivity index (χ0) is 20.4. The van der Waals surface area contributed by atoms with Crippen LogP contribution in [0.15, 0.2) is 73.1 Å². The van der Waals surface area contributed by atoms with E-state index in [0.29, 0.717) is 16.7 Å². The molecule has 0 amide bonds. The number of carbonyl (C=O) groups is 2. The second-order valence-electron chi connectivity index (χ2n) is 6.73. The van der Waals surface area contributed by atoms with Crippen molar-refractivity contribution in [3.8, 4) is 11.1 Å². The summed E-state index contributed by atoms with van der Waals surface area (Å²) in [4.78, 5) is 27.8. The van der Waals surface area contributed by atoms with Crippen molar-refractivity contribution in [1.82, 2.24) is 9.55 Å². The summed E-state index contributed by atoms with van der Waals surface area (Å²) in [6, 6.07) is 20.0. The molecule has 0 atom stereocenters. The Hall–Kier alpha value is -4.06. The number of rotatable bonds is 6. The zero-order valence-corrected chi connectivity index (χ0v) is 15.5. The lowest BCUT2D eigenvalue weighted by Gasteiger charge is -2.07. The van der Waals surface area contributed by atoms with E-state index in [4.69, 9.17) is 11.1 Å². The van der Waals surface area contributed by atoms with Gasteiger partial charge in [-0.2, -0.15) is 0 Å². The molecule has 0 spiro atoms. The van der Waals surface area contributed by atoms with Gasteiger partial charge in [0.05, 0.1) is 23.9 Å². The van der Waals surface area contributed by atoms with Crippen molar-refractivity contribution in [2.24, 2.45) is 5.73 Å². The van der Waals surface area contributed by atoms with E-state index >= 15 is 0 Å². The van der Waals surface area contributed by atoms with E-state index in [-0.39, 0.29) is 18.2 Å². The van der Waals surface area contributed by atoms with Gasteiger partial charge in [-0.3, -0.25) is 15.0 Å². The summed E-state index contributed by atoms with van der Waals surface area (Å²) < 4.78 is 1.76. The van der Waals surface area contributed by atoms with Crippen molar-refractivity contribution in [1.29, 1.82) is 5.41 Å². The van der Waals surface area contributed by atoms with E-state index < -0.39 is 0 Å². The van der Waals surface area contributed by atoms with Crippen molar-refractivity contribution < 1.29 is 9.59 Å². The van der Waals surface area contributed by atoms with Crippen LogP contribution in [0.25, 0.3) is 22.2 Å². The molecule has 3 N–H and O–H groups in total. The maximum Gasteiger partial charge on any atom is 0.182 e. The molecule has 0 saturated carbocycles. The third kappa shape index (κ3) is 3.68. The third-order valence-corrected chi connectivity index (χ3v) is 4.83. The molecule has 1 aromatic heterocycles. The summed E-state index contributed by atoms with van der Waals surface area (Å²) >= 11 is 0. The quantitative estimate of drug-likeness (QED) is 0.230. The first-order valence-electron chi connectivity index (χ1n) is 9.03. The van der Waals surface area contributed by atoms with Crippen LogP contribution in [0.2, 0.25) is 0 Å². The maximum absolute atomic E-state index is 12.8. The highest BCUT2D eigenvalue weighted by atomic mass is 16.1. The van der Waals surface area contributed by atoms with Crippen molar-refractivity contribution >= 4 is 28.9 Å². The fourth-order valence-corrected chi connectivity index (χ4v) is 3.20. The standard InChI is InChI=1S/C23H18N4O2/c24-23(25)19-9-10-20-21(11-19)27(14-26-20)12-22(29)18-7-5-17(6-8-18)16-3-1-15(13-28)2-4-16/h1-11,13-14H,12H2,(H3,24,25). The SMILES string of the molecule is N=C(N)c1ccc2ncn(CC(=O)c3ccc(-c4ccc(C=O)cc4)cc3)c2c1. The number of hydrogen-bond acceptors (Lipinski definition) is 4. The Labute approximate surface area is 167 Å². The summed E-state index contributed by atoms with van der Waals surface area (Å²) in [5.41, 5.74) is 10.8. The summed E-state index contributed by atoms with van der Waals surface area (Å²) in [7, 11) is 0. The predicted octanol–water partition coefficient (Wildman–Crippen LogP) is 3.68. The number of amidine groups is 1. The van der Waals surface area contributed by atoms with Crippen LogP contribution in [0.4, 0.5) is 0 Å². The van der Waals surface area contributed by atoms with Crippen molar-refractivity contribution in [3.05, 3.63) is 89.7 Å². The van der Waals surface area contributed by atoms with Crippen molar-refractivity contribution in [2.75, 3.05) is 0 Å². The molecule has 0 saturated heterocycles. The molecule has 0 fully saturated rings. The normalized spacial score (nSPS) is 10.8. The van der Waals surface area contributed by atoms with E-state index in [1.807, 2.05) is 24.3 Å². The van der Waals surface area contributed by atoms with Gasteiger partial charge in [-0.1, -0.05) is 48.5 Å². The Morgan fingerprint density at radius 2 is 1.59 bits per heavy atom. The molecule has 0 aliphatic heterocycles. The van der Waals surface area contributed by atoms with Gasteiger partial charge >= 0.3 is 0 Å². The van der Waals surface area contributed by atoms with E-state index in [1.54, 1.807) is 53.4 Å². The smallest absolute Gasteiger partial charge is 0.182 e. The van der Waals surface area contributed by atoms with Crippen LogP contribution in [0.5, 0.6) is 0 Å². The Bertz CT molecular complexity index is 1220. The highest BCUT2D eigenvalue weighted by molar-refractivity contribution is 5.99. The number of aromatic nitrogens is 2. The molecule has 1 heterocycles. The first-order valence-corrected chi connectivity index (χ1v) is 9.03. The van der Waals surface area contributed by atoms with Crippen LogP contribution in [-0.4, -0.2) is 27.5 Å². The van der Waals surface area contributed by atoms with E-state index in [9.17, 15) is 9.59 Å². The molecule has 142 valence electrons. The van der Waals surface area contributed by atoms with Gasteiger partial charge in [0.1, 0.15) is 12.1 Å². The van der Waals surface area contributed by atoms with Gasteiger partial charge in [-0.25, -0.2) is 4.98 Å². The Balaban J connectivity index is 1.55. The number of aldehydes is 1. The first kappa shape index (κ1) is 18.3. The second-order valence-corrected chi connectivity index (χ2v) is 6.73. The highest BCUT2D eigenvalue weighted by Gasteiger charge is 2.11. The number of imidazole rings is 1. The van der Waals surface area contributed by atoms with Gasteiger partial charge in [-0.15, -0.1) is 0 Å². The number of carbonyl (C=O) groups excluding carboxylic acids is 2. The molecule has 0 aliphatic rings. The number of nitrogens with two attached hydrogens (primary N) is 1. The van der Waals surface area contributed by atoms with Crippen LogP contribution in [0, 0.1) is 5.41 Å². The van der Waals surface area contributed by atoms with Gasteiger partial charge in [0, 0.05) is 16.7 Å². The van der Waals surface area contributed by atoms with Gasteiger partial charge in [-0.05, 0) is 29.3 Å². The molecule has 0 aliphatic carbocycles. The molecular weight excluding hydrogens is 364 g/mol. The molecule has 0 bridgehead atoms. The van der Waals surface area contributed by atoms with Crippen LogP contribution < -0.4 is 5.73 Å². The largest absolute Gasteiger partial charge is 0.384 e. The van der Waals surface area contributed by atoms with Crippen molar-refractivity contribution in [2.45, 2.75) is 6.54 Å². The lowest BCUT2D eigenvalue weighted by atomic mass is 10.0. The summed E-state index contributed by atoms with van der Waals surface area (Å²) in [6.07, 6.45) is 2.43. The fraction of sp³-hybridized carbons (Fsp3) is 0.0435. The molecular formula is C23H18N4O2. The summed E-state index contributed by atoms with van der Waals surface area (Å²) in [5.74, 6) is -0.0666. The molecule has 6 nitrogen and oxygen atoms in total. The lowest BCUT2D eigenvalue weighted by Crippen LogP contribution is -2.12. The average molecular weight is 382 g/mol. The van der Waals surface area contributed by atoms with Gasteiger partial charge in [0.15, 0.2) is 5.78 Å². The first-order chi connectivity index (χ1) is 14.0. The predicted molar refractivity (Wildman–Crippen MR) is 112 cm³/mol. The summed E-state index contributed by atoms with van der Waals surface area (Å²) in [6.45, 7) is 0.144. The Kier molecular flexibility index (Phi) is 4.75. The van der Waals surface area contributed by atoms with Crippen LogP contribution in [0.3, 0.4) is 0 Å². The number of nitrogens with one attached hydrogen (secondary N) is 1. The summed E-state index contributed by atoms with van der Waals surface area (Å²) in [5, 5.41) is 7.59. The monoisotopic (exact) mass is 382 g/mol. The number of ketones is 1. The lowest BCUT2D eigenvalue weighted by molar-refractivity contribution is 0.0973. The molecule has 3 aromatic carbocycles. The zero-order valence-electron chi connectivity index (χ0n) is 15.5. The Morgan fingerprint density at radius 3 is 2.21 bits per heavy atom. The minimum atomic E-state index is -0.0413. The molecule has 6 heteroatoms. The molecule has 0 radical (unpaired) electrons. The number of Topliss-reactive ketones (excluding diaryl/α,β-unsaturated/α-hetero) is 1. The van der Waals surface area contributed by atoms with Crippen LogP contribution in [0.1, 0.15) is 26.3 Å². The topological polar surface area (TPSA) is 102 Å². The number of hydrogen-bond donors (Lipinski definition) is 2. The second kappa shape index (κ2) is 7.52. The number of nitrogens with zero attached hydrogens (tertiary/aromatic N) is 2. The number of fused-ring (bicyclic) bond motifs is 1.